The van der Waals surface area contributed by atoms with Crippen molar-refractivity contribution >= 4 is 5.91 Å². The van der Waals surface area contributed by atoms with Crippen LogP contribution in [0.2, 0.25) is 0 Å². The van der Waals surface area contributed by atoms with E-state index in [-0.39, 0.29) is 5.91 Å². The maximum Gasteiger partial charge on any atom is 0.236 e. The standard InChI is InChI=1S/C14H26N2O2/c1-2-18-11-13-4-3-7-16(10-13)14(17)9-15-8-12-5-6-12/h12-13,15H,2-11H2,1H3. The van der Waals surface area contributed by atoms with Crippen LogP contribution in [-0.4, -0.2) is 50.2 Å². The number of hydrogen-bond donors (Lipinski definition) is 1. The van der Waals surface area contributed by atoms with Gasteiger partial charge in [-0.05, 0) is 51.0 Å². The van der Waals surface area contributed by atoms with E-state index in [2.05, 4.69) is 5.32 Å². The second-order valence-electron chi connectivity index (χ2n) is 5.58. The van der Waals surface area contributed by atoms with E-state index in [1.54, 1.807) is 0 Å². The number of amides is 1. The van der Waals surface area contributed by atoms with Crippen LogP contribution in [0.4, 0.5) is 0 Å². The summed E-state index contributed by atoms with van der Waals surface area (Å²) in [6, 6.07) is 0. The van der Waals surface area contributed by atoms with Gasteiger partial charge >= 0.3 is 0 Å². The molecule has 4 heteroatoms. The number of nitrogens with one attached hydrogen (secondary N) is 1. The predicted octanol–water partition coefficient (Wildman–Crippen LogP) is 1.26. The quantitative estimate of drug-likeness (QED) is 0.744. The van der Waals surface area contributed by atoms with Crippen molar-refractivity contribution < 1.29 is 9.53 Å². The SMILES string of the molecule is CCOCC1CCCN(C(=O)CNCC2CC2)C1. The van der Waals surface area contributed by atoms with Gasteiger partial charge in [-0.1, -0.05) is 0 Å². The summed E-state index contributed by atoms with van der Waals surface area (Å²) in [7, 11) is 0. The Balaban J connectivity index is 1.64. The smallest absolute Gasteiger partial charge is 0.236 e. The van der Waals surface area contributed by atoms with Crippen LogP contribution in [0.1, 0.15) is 32.6 Å². The van der Waals surface area contributed by atoms with E-state index >= 15 is 0 Å². The first-order valence-electron chi connectivity index (χ1n) is 7.35. The summed E-state index contributed by atoms with van der Waals surface area (Å²) in [5.74, 6) is 1.63. The third kappa shape index (κ3) is 4.58. The van der Waals surface area contributed by atoms with Crippen LogP contribution >= 0.6 is 0 Å². The minimum absolute atomic E-state index is 0.261. The highest BCUT2D eigenvalue weighted by atomic mass is 16.5. The molecule has 2 rings (SSSR count). The molecule has 1 atom stereocenters. The number of likely N-dealkylation sites (tertiary alicyclic amines) is 1. The predicted molar refractivity (Wildman–Crippen MR) is 71.4 cm³/mol. The van der Waals surface area contributed by atoms with Gasteiger partial charge in [-0.25, -0.2) is 0 Å². The van der Waals surface area contributed by atoms with Gasteiger partial charge in [0.1, 0.15) is 0 Å². The molecule has 0 spiro atoms. The van der Waals surface area contributed by atoms with E-state index in [0.717, 1.165) is 45.2 Å². The van der Waals surface area contributed by atoms with Gasteiger partial charge in [0, 0.05) is 19.7 Å². The number of hydrogen-bond acceptors (Lipinski definition) is 3. The molecule has 0 aromatic heterocycles. The summed E-state index contributed by atoms with van der Waals surface area (Å²) in [6.07, 6.45) is 4.98. The average molecular weight is 254 g/mol. The van der Waals surface area contributed by atoms with E-state index in [9.17, 15) is 4.79 Å². The summed E-state index contributed by atoms with van der Waals surface area (Å²) < 4.78 is 5.47. The number of carbonyl (C=O) groups excluding carboxylic acids is 1. The Morgan fingerprint density at radius 2 is 2.17 bits per heavy atom. The van der Waals surface area contributed by atoms with Gasteiger partial charge < -0.3 is 15.0 Å². The van der Waals surface area contributed by atoms with Crippen LogP contribution in [-0.2, 0) is 9.53 Å². The van der Waals surface area contributed by atoms with Crippen molar-refractivity contribution in [1.29, 1.82) is 0 Å². The highest BCUT2D eigenvalue weighted by Gasteiger charge is 2.24. The number of ether oxygens (including phenoxy) is 1. The molecule has 1 aliphatic heterocycles. The van der Waals surface area contributed by atoms with Crippen molar-refractivity contribution in [3.8, 4) is 0 Å². The van der Waals surface area contributed by atoms with Crippen molar-refractivity contribution in [3.05, 3.63) is 0 Å². The fourth-order valence-corrected chi connectivity index (χ4v) is 2.53. The Labute approximate surface area is 110 Å². The Hall–Kier alpha value is -0.610. The van der Waals surface area contributed by atoms with Crippen molar-refractivity contribution in [2.75, 3.05) is 39.4 Å². The summed E-state index contributed by atoms with van der Waals surface area (Å²) in [6.45, 7) is 6.92. The Bertz CT molecular complexity index is 267. The number of piperidine rings is 1. The molecule has 0 bridgehead atoms. The van der Waals surface area contributed by atoms with Gasteiger partial charge in [-0.3, -0.25) is 4.79 Å². The van der Waals surface area contributed by atoms with Crippen LogP contribution in [0.15, 0.2) is 0 Å². The van der Waals surface area contributed by atoms with E-state index in [4.69, 9.17) is 4.74 Å². The molecule has 1 N–H and O–H groups in total. The number of nitrogens with zero attached hydrogens (tertiary/aromatic N) is 1. The van der Waals surface area contributed by atoms with Crippen LogP contribution in [0, 0.1) is 11.8 Å². The Morgan fingerprint density at radius 1 is 1.33 bits per heavy atom. The first-order valence-corrected chi connectivity index (χ1v) is 7.35. The molecule has 0 aromatic rings. The van der Waals surface area contributed by atoms with E-state index in [1.165, 1.54) is 19.3 Å². The second kappa shape index (κ2) is 7.10. The van der Waals surface area contributed by atoms with E-state index < -0.39 is 0 Å². The average Bonchev–Trinajstić information content (AvgIpc) is 3.20. The van der Waals surface area contributed by atoms with Crippen molar-refractivity contribution in [3.63, 3.8) is 0 Å². The topological polar surface area (TPSA) is 41.6 Å². The molecule has 1 unspecified atom stereocenters. The third-order valence-corrected chi connectivity index (χ3v) is 3.84. The Morgan fingerprint density at radius 3 is 2.89 bits per heavy atom. The summed E-state index contributed by atoms with van der Waals surface area (Å²) >= 11 is 0. The molecule has 4 nitrogen and oxygen atoms in total. The van der Waals surface area contributed by atoms with Gasteiger partial charge in [0.2, 0.25) is 5.91 Å². The zero-order valence-corrected chi connectivity index (χ0v) is 11.5. The van der Waals surface area contributed by atoms with Crippen LogP contribution in [0.3, 0.4) is 0 Å². The lowest BCUT2D eigenvalue weighted by Crippen LogP contribution is -2.45. The molecule has 2 fully saturated rings. The molecule has 1 saturated carbocycles. The van der Waals surface area contributed by atoms with Gasteiger partial charge in [-0.2, -0.15) is 0 Å². The highest BCUT2D eigenvalue weighted by Crippen LogP contribution is 2.27. The molecule has 2 aliphatic rings. The lowest BCUT2D eigenvalue weighted by atomic mass is 9.99. The van der Waals surface area contributed by atoms with Gasteiger partial charge in [-0.15, -0.1) is 0 Å². The zero-order valence-electron chi connectivity index (χ0n) is 11.5. The highest BCUT2D eigenvalue weighted by molar-refractivity contribution is 5.78. The fourth-order valence-electron chi connectivity index (χ4n) is 2.53. The minimum Gasteiger partial charge on any atom is -0.381 e. The van der Waals surface area contributed by atoms with Crippen molar-refractivity contribution in [1.82, 2.24) is 10.2 Å². The molecule has 18 heavy (non-hydrogen) atoms. The normalized spacial score (nSPS) is 24.3. The molecule has 1 heterocycles. The minimum atomic E-state index is 0.261. The van der Waals surface area contributed by atoms with E-state index in [1.807, 2.05) is 11.8 Å². The molecule has 0 radical (unpaired) electrons. The first-order chi connectivity index (χ1) is 8.79. The van der Waals surface area contributed by atoms with Crippen LogP contribution in [0.5, 0.6) is 0 Å². The van der Waals surface area contributed by atoms with Crippen molar-refractivity contribution in [2.45, 2.75) is 32.6 Å². The monoisotopic (exact) mass is 254 g/mol. The maximum atomic E-state index is 12.0. The largest absolute Gasteiger partial charge is 0.381 e. The van der Waals surface area contributed by atoms with Gasteiger partial charge in [0.25, 0.3) is 0 Å². The lowest BCUT2D eigenvalue weighted by Gasteiger charge is -2.32. The summed E-state index contributed by atoms with van der Waals surface area (Å²) in [5.41, 5.74) is 0. The fraction of sp³-hybridized carbons (Fsp3) is 0.929. The maximum absolute atomic E-state index is 12.0. The van der Waals surface area contributed by atoms with Crippen LogP contribution in [0.25, 0.3) is 0 Å². The Kier molecular flexibility index (Phi) is 5.45. The number of rotatable bonds is 7. The lowest BCUT2D eigenvalue weighted by molar-refractivity contribution is -0.132. The van der Waals surface area contributed by atoms with Gasteiger partial charge in [0.05, 0.1) is 13.2 Å². The molecule has 0 aromatic carbocycles. The van der Waals surface area contributed by atoms with Gasteiger partial charge in [0.15, 0.2) is 0 Å². The first kappa shape index (κ1) is 13.8. The molecular formula is C14H26N2O2. The molecular weight excluding hydrogens is 228 g/mol. The zero-order chi connectivity index (χ0) is 12.8. The summed E-state index contributed by atoms with van der Waals surface area (Å²) in [4.78, 5) is 14.0. The van der Waals surface area contributed by atoms with Crippen LogP contribution < -0.4 is 5.32 Å². The molecule has 1 saturated heterocycles. The number of carbonyl (C=O) groups is 1. The van der Waals surface area contributed by atoms with Crippen molar-refractivity contribution in [2.24, 2.45) is 11.8 Å². The molecule has 104 valence electrons. The second-order valence-corrected chi connectivity index (χ2v) is 5.58. The molecule has 1 aliphatic carbocycles. The third-order valence-electron chi connectivity index (χ3n) is 3.84. The van der Waals surface area contributed by atoms with E-state index in [0.29, 0.717) is 12.5 Å². The summed E-state index contributed by atoms with van der Waals surface area (Å²) in [5, 5.41) is 3.28. The molecule has 1 amide bonds.